The van der Waals surface area contributed by atoms with E-state index in [2.05, 4.69) is 17.9 Å². The van der Waals surface area contributed by atoms with Crippen molar-refractivity contribution >= 4 is 35.8 Å². The van der Waals surface area contributed by atoms with Crippen LogP contribution >= 0.6 is 24.2 Å². The van der Waals surface area contributed by atoms with E-state index < -0.39 is 0 Å². The molecule has 3 rings (SSSR count). The maximum Gasteiger partial charge on any atom is 0.241 e. The van der Waals surface area contributed by atoms with Crippen molar-refractivity contribution < 1.29 is 4.79 Å². The minimum Gasteiger partial charge on any atom is -0.328 e. The third-order valence-electron chi connectivity index (χ3n) is 4.44. The van der Waals surface area contributed by atoms with E-state index >= 15 is 0 Å². The fourth-order valence-electron chi connectivity index (χ4n) is 3.14. The van der Waals surface area contributed by atoms with E-state index in [4.69, 9.17) is 5.73 Å². The van der Waals surface area contributed by atoms with Gasteiger partial charge in [0.1, 0.15) is 0 Å². The summed E-state index contributed by atoms with van der Waals surface area (Å²) in [5.74, 6) is 1.72. The molecule has 0 bridgehead atoms. The van der Waals surface area contributed by atoms with E-state index in [9.17, 15) is 4.79 Å². The Morgan fingerprint density at radius 2 is 2.18 bits per heavy atom. The Labute approximate surface area is 142 Å². The van der Waals surface area contributed by atoms with E-state index in [1.54, 1.807) is 0 Å². The number of benzene rings is 1. The van der Waals surface area contributed by atoms with Gasteiger partial charge in [-0.1, -0.05) is 12.1 Å². The highest BCUT2D eigenvalue weighted by molar-refractivity contribution is 7.99. The molecule has 2 aliphatic rings. The highest BCUT2D eigenvalue weighted by atomic mass is 35.5. The zero-order valence-electron chi connectivity index (χ0n) is 12.9. The van der Waals surface area contributed by atoms with Crippen LogP contribution in [0, 0.1) is 5.92 Å². The second kappa shape index (κ2) is 7.68. The molecule has 22 heavy (non-hydrogen) atoms. The normalized spacial score (nSPS) is 22.8. The van der Waals surface area contributed by atoms with Crippen LogP contribution < -0.4 is 10.6 Å². The summed E-state index contributed by atoms with van der Waals surface area (Å²) >= 11 is 1.83. The molecular formula is C16H24ClN3OS. The maximum atomic E-state index is 12.6. The summed E-state index contributed by atoms with van der Waals surface area (Å²) in [6.45, 7) is 5.33. The Hall–Kier alpha value is -0.750. The molecule has 2 heterocycles. The summed E-state index contributed by atoms with van der Waals surface area (Å²) in [4.78, 5) is 18.1. The minimum atomic E-state index is 0. The summed E-state index contributed by atoms with van der Waals surface area (Å²) in [6, 6.07) is 8.41. The SMILES string of the molecule is CC(N)C1CCN(CC(=O)N2CCSc3ccccc32)C1.Cl. The molecule has 2 unspecified atom stereocenters. The molecule has 122 valence electrons. The summed E-state index contributed by atoms with van der Waals surface area (Å²) < 4.78 is 0. The van der Waals surface area contributed by atoms with Crippen LogP contribution in [0.25, 0.3) is 0 Å². The van der Waals surface area contributed by atoms with Crippen LogP contribution in [0.2, 0.25) is 0 Å². The van der Waals surface area contributed by atoms with Crippen LogP contribution in [0.3, 0.4) is 0 Å². The first-order valence-corrected chi connectivity index (χ1v) is 8.64. The number of likely N-dealkylation sites (tertiary alicyclic amines) is 1. The fraction of sp³-hybridized carbons (Fsp3) is 0.562. The van der Waals surface area contributed by atoms with E-state index in [1.807, 2.05) is 34.9 Å². The molecule has 1 amide bonds. The van der Waals surface area contributed by atoms with Crippen LogP contribution in [-0.2, 0) is 4.79 Å². The van der Waals surface area contributed by atoms with Crippen molar-refractivity contribution in [1.82, 2.24) is 4.90 Å². The van der Waals surface area contributed by atoms with Gasteiger partial charge < -0.3 is 10.6 Å². The average molecular weight is 342 g/mol. The minimum absolute atomic E-state index is 0. The van der Waals surface area contributed by atoms with Gasteiger partial charge in [0.25, 0.3) is 0 Å². The molecule has 2 atom stereocenters. The Kier molecular flexibility index (Phi) is 6.15. The maximum absolute atomic E-state index is 12.6. The predicted octanol–water partition coefficient (Wildman–Crippen LogP) is 2.22. The van der Waals surface area contributed by atoms with E-state index in [0.29, 0.717) is 12.5 Å². The predicted molar refractivity (Wildman–Crippen MR) is 95.0 cm³/mol. The monoisotopic (exact) mass is 341 g/mol. The Bertz CT molecular complexity index is 526. The molecule has 1 aromatic rings. The number of carbonyl (C=O) groups is 1. The molecule has 1 aromatic carbocycles. The summed E-state index contributed by atoms with van der Waals surface area (Å²) in [7, 11) is 0. The van der Waals surface area contributed by atoms with Gasteiger partial charge in [0.05, 0.1) is 12.2 Å². The molecule has 6 heteroatoms. The summed E-state index contributed by atoms with van der Waals surface area (Å²) in [6.07, 6.45) is 1.11. The molecule has 2 N–H and O–H groups in total. The first-order chi connectivity index (χ1) is 10.1. The molecule has 4 nitrogen and oxygen atoms in total. The third-order valence-corrected chi connectivity index (χ3v) is 5.48. The molecule has 0 radical (unpaired) electrons. The smallest absolute Gasteiger partial charge is 0.241 e. The van der Waals surface area contributed by atoms with Crippen molar-refractivity contribution in [3.63, 3.8) is 0 Å². The van der Waals surface area contributed by atoms with Crippen LogP contribution in [-0.4, -0.2) is 48.8 Å². The molecule has 0 aliphatic carbocycles. The second-order valence-electron chi connectivity index (χ2n) is 6.00. The van der Waals surface area contributed by atoms with E-state index in [-0.39, 0.29) is 24.4 Å². The Morgan fingerprint density at radius 3 is 2.91 bits per heavy atom. The lowest BCUT2D eigenvalue weighted by Gasteiger charge is -2.30. The molecule has 0 spiro atoms. The molecule has 1 saturated heterocycles. The van der Waals surface area contributed by atoms with Gasteiger partial charge in [-0.25, -0.2) is 0 Å². The van der Waals surface area contributed by atoms with Crippen molar-refractivity contribution in [1.29, 1.82) is 0 Å². The van der Waals surface area contributed by atoms with Crippen molar-refractivity contribution in [3.05, 3.63) is 24.3 Å². The number of para-hydroxylation sites is 1. The van der Waals surface area contributed by atoms with Crippen molar-refractivity contribution in [2.45, 2.75) is 24.3 Å². The number of rotatable bonds is 3. The Morgan fingerprint density at radius 1 is 1.41 bits per heavy atom. The topological polar surface area (TPSA) is 49.6 Å². The second-order valence-corrected chi connectivity index (χ2v) is 7.14. The van der Waals surface area contributed by atoms with Gasteiger partial charge in [-0.05, 0) is 37.9 Å². The zero-order chi connectivity index (χ0) is 14.8. The highest BCUT2D eigenvalue weighted by Gasteiger charge is 2.29. The van der Waals surface area contributed by atoms with Gasteiger partial charge >= 0.3 is 0 Å². The van der Waals surface area contributed by atoms with Gasteiger partial charge in [0, 0.05) is 29.8 Å². The molecule has 2 aliphatic heterocycles. The number of thioether (sulfide) groups is 1. The number of hydrogen-bond donors (Lipinski definition) is 1. The number of anilines is 1. The molecule has 0 saturated carbocycles. The summed E-state index contributed by atoms with van der Waals surface area (Å²) in [5.41, 5.74) is 7.04. The molecular weight excluding hydrogens is 318 g/mol. The number of hydrogen-bond acceptors (Lipinski definition) is 4. The lowest BCUT2D eigenvalue weighted by atomic mass is 10.0. The number of halogens is 1. The van der Waals surface area contributed by atoms with Gasteiger partial charge in [-0.15, -0.1) is 24.2 Å². The molecule has 1 fully saturated rings. The van der Waals surface area contributed by atoms with E-state index in [0.717, 1.165) is 37.5 Å². The fourth-order valence-corrected chi connectivity index (χ4v) is 4.14. The first kappa shape index (κ1) is 17.6. The van der Waals surface area contributed by atoms with Crippen LogP contribution in [0.1, 0.15) is 13.3 Å². The van der Waals surface area contributed by atoms with Crippen LogP contribution in [0.15, 0.2) is 29.2 Å². The molecule has 0 aromatic heterocycles. The summed E-state index contributed by atoms with van der Waals surface area (Å²) in [5, 5.41) is 0. The zero-order valence-corrected chi connectivity index (χ0v) is 14.5. The highest BCUT2D eigenvalue weighted by Crippen LogP contribution is 2.34. The number of amides is 1. The quantitative estimate of drug-likeness (QED) is 0.915. The standard InChI is InChI=1S/C16H23N3OS.ClH/c1-12(17)13-6-7-18(10-13)11-16(20)19-8-9-21-15-5-3-2-4-14(15)19;/h2-5,12-13H,6-11,17H2,1H3;1H. The first-order valence-electron chi connectivity index (χ1n) is 7.65. The number of fused-ring (bicyclic) bond motifs is 1. The van der Waals surface area contributed by atoms with Gasteiger partial charge in [-0.3, -0.25) is 9.69 Å². The van der Waals surface area contributed by atoms with Gasteiger partial charge in [-0.2, -0.15) is 0 Å². The lowest BCUT2D eigenvalue weighted by Crippen LogP contribution is -2.42. The van der Waals surface area contributed by atoms with Crippen molar-refractivity contribution in [2.24, 2.45) is 11.7 Å². The number of carbonyl (C=O) groups excluding carboxylic acids is 1. The Balaban J connectivity index is 0.00000176. The van der Waals surface area contributed by atoms with Gasteiger partial charge in [0.15, 0.2) is 0 Å². The average Bonchev–Trinajstić information content (AvgIpc) is 2.95. The van der Waals surface area contributed by atoms with Crippen molar-refractivity contribution in [2.75, 3.05) is 36.8 Å². The van der Waals surface area contributed by atoms with E-state index in [1.165, 1.54) is 4.90 Å². The van der Waals surface area contributed by atoms with Crippen LogP contribution in [0.5, 0.6) is 0 Å². The van der Waals surface area contributed by atoms with Crippen molar-refractivity contribution in [3.8, 4) is 0 Å². The van der Waals surface area contributed by atoms with Gasteiger partial charge in [0.2, 0.25) is 5.91 Å². The third kappa shape index (κ3) is 3.77. The lowest BCUT2D eigenvalue weighted by molar-refractivity contribution is -0.119. The van der Waals surface area contributed by atoms with Crippen LogP contribution in [0.4, 0.5) is 5.69 Å². The largest absolute Gasteiger partial charge is 0.328 e. The number of nitrogens with zero attached hydrogens (tertiary/aromatic N) is 2. The number of nitrogens with two attached hydrogens (primary N) is 1.